The first-order chi connectivity index (χ1) is 11.1. The van der Waals surface area contributed by atoms with Crippen LogP contribution in [0.1, 0.15) is 34.3 Å². The number of hydrogen-bond donors (Lipinski definition) is 2. The molecule has 0 spiro atoms. The summed E-state index contributed by atoms with van der Waals surface area (Å²) >= 11 is 0. The van der Waals surface area contributed by atoms with Gasteiger partial charge in [-0.1, -0.05) is 37.3 Å². The number of fused-ring (bicyclic) bond motifs is 1. The van der Waals surface area contributed by atoms with Gasteiger partial charge < -0.3 is 11.1 Å². The smallest absolute Gasteiger partial charge is 0.322 e. The lowest BCUT2D eigenvalue weighted by molar-refractivity contribution is 0.1000. The number of benzene rings is 2. The van der Waals surface area contributed by atoms with E-state index >= 15 is 0 Å². The van der Waals surface area contributed by atoms with E-state index in [2.05, 4.69) is 18.3 Å². The van der Waals surface area contributed by atoms with E-state index in [1.165, 1.54) is 5.56 Å². The SMILES string of the molecule is CC1CN(C(=O)NCc2cccc(C(N)=O)c2)c2ccccc21. The van der Waals surface area contributed by atoms with Gasteiger partial charge in [-0.05, 0) is 29.3 Å². The Balaban J connectivity index is 1.69. The summed E-state index contributed by atoms with van der Waals surface area (Å²) in [5.74, 6) is -0.143. The molecular weight excluding hydrogens is 290 g/mol. The average molecular weight is 309 g/mol. The summed E-state index contributed by atoms with van der Waals surface area (Å²) in [4.78, 5) is 25.4. The molecule has 3 N–H and O–H groups in total. The maximum Gasteiger partial charge on any atom is 0.322 e. The zero-order valence-electron chi connectivity index (χ0n) is 13.0. The number of carbonyl (C=O) groups is 2. The molecule has 1 aliphatic heterocycles. The van der Waals surface area contributed by atoms with Crippen LogP contribution in [0, 0.1) is 0 Å². The van der Waals surface area contributed by atoms with Gasteiger partial charge in [-0.25, -0.2) is 4.79 Å². The fourth-order valence-electron chi connectivity index (χ4n) is 2.92. The van der Waals surface area contributed by atoms with Gasteiger partial charge in [0.15, 0.2) is 0 Å². The fraction of sp³-hybridized carbons (Fsp3) is 0.222. The zero-order valence-corrected chi connectivity index (χ0v) is 13.0. The number of amides is 3. The third kappa shape index (κ3) is 3.04. The van der Waals surface area contributed by atoms with Gasteiger partial charge in [0.2, 0.25) is 5.91 Å². The summed E-state index contributed by atoms with van der Waals surface area (Å²) in [5.41, 5.74) is 8.71. The number of nitrogens with zero attached hydrogens (tertiary/aromatic N) is 1. The first-order valence-electron chi connectivity index (χ1n) is 7.59. The van der Waals surface area contributed by atoms with Gasteiger partial charge in [-0.15, -0.1) is 0 Å². The van der Waals surface area contributed by atoms with E-state index in [0.29, 0.717) is 24.6 Å². The Morgan fingerprint density at radius 1 is 1.22 bits per heavy atom. The first kappa shape index (κ1) is 15.1. The third-order valence-electron chi connectivity index (χ3n) is 4.12. The molecule has 23 heavy (non-hydrogen) atoms. The highest BCUT2D eigenvalue weighted by Crippen LogP contribution is 2.35. The van der Waals surface area contributed by atoms with Gasteiger partial charge in [-0.3, -0.25) is 9.69 Å². The van der Waals surface area contributed by atoms with E-state index in [1.54, 1.807) is 23.1 Å². The predicted molar refractivity (Wildman–Crippen MR) is 89.4 cm³/mol. The molecule has 1 unspecified atom stereocenters. The number of nitrogens with two attached hydrogens (primary N) is 1. The number of para-hydroxylation sites is 1. The van der Waals surface area contributed by atoms with Crippen LogP contribution in [0.3, 0.4) is 0 Å². The molecule has 0 radical (unpaired) electrons. The monoisotopic (exact) mass is 309 g/mol. The lowest BCUT2D eigenvalue weighted by Crippen LogP contribution is -2.38. The Hall–Kier alpha value is -2.82. The minimum Gasteiger partial charge on any atom is -0.366 e. The molecule has 1 atom stereocenters. The number of carbonyl (C=O) groups excluding carboxylic acids is 2. The molecule has 2 aromatic rings. The molecule has 3 amide bonds. The van der Waals surface area contributed by atoms with Crippen molar-refractivity contribution in [1.82, 2.24) is 5.32 Å². The van der Waals surface area contributed by atoms with Crippen LogP contribution in [0.15, 0.2) is 48.5 Å². The Labute approximate surface area is 135 Å². The second kappa shape index (κ2) is 6.12. The Morgan fingerprint density at radius 3 is 2.78 bits per heavy atom. The second-order valence-electron chi connectivity index (χ2n) is 5.79. The Bertz CT molecular complexity index is 757. The van der Waals surface area contributed by atoms with Crippen LogP contribution in [-0.4, -0.2) is 18.5 Å². The van der Waals surface area contributed by atoms with Gasteiger partial charge in [0.1, 0.15) is 0 Å². The summed E-state index contributed by atoms with van der Waals surface area (Å²) in [5, 5.41) is 2.90. The normalized spacial score (nSPS) is 16.0. The number of urea groups is 1. The summed E-state index contributed by atoms with van der Waals surface area (Å²) in [7, 11) is 0. The van der Waals surface area contributed by atoms with E-state index in [0.717, 1.165) is 11.3 Å². The Kier molecular flexibility index (Phi) is 4.02. The molecule has 5 heteroatoms. The van der Waals surface area contributed by atoms with Crippen LogP contribution in [0.4, 0.5) is 10.5 Å². The van der Waals surface area contributed by atoms with E-state index in [1.807, 2.05) is 24.3 Å². The standard InChI is InChI=1S/C18H19N3O2/c1-12-11-21(16-8-3-2-7-15(12)16)18(23)20-10-13-5-4-6-14(9-13)17(19)22/h2-9,12H,10-11H2,1H3,(H2,19,22)(H,20,23). The number of rotatable bonds is 3. The second-order valence-corrected chi connectivity index (χ2v) is 5.79. The third-order valence-corrected chi connectivity index (χ3v) is 4.12. The lowest BCUT2D eigenvalue weighted by atomic mass is 10.0. The molecule has 0 aromatic heterocycles. The maximum atomic E-state index is 12.5. The van der Waals surface area contributed by atoms with E-state index < -0.39 is 5.91 Å². The van der Waals surface area contributed by atoms with Crippen molar-refractivity contribution in [2.75, 3.05) is 11.4 Å². The predicted octanol–water partition coefficient (Wildman–Crippen LogP) is 2.62. The molecule has 3 rings (SSSR count). The molecular formula is C18H19N3O2. The van der Waals surface area contributed by atoms with Crippen LogP contribution in [0.2, 0.25) is 0 Å². The van der Waals surface area contributed by atoms with Crippen molar-refractivity contribution >= 4 is 17.6 Å². The van der Waals surface area contributed by atoms with Gasteiger partial charge in [-0.2, -0.15) is 0 Å². The number of hydrogen-bond acceptors (Lipinski definition) is 2. The molecule has 0 aliphatic carbocycles. The number of primary amides is 1. The van der Waals surface area contributed by atoms with Crippen molar-refractivity contribution in [3.8, 4) is 0 Å². The fourth-order valence-corrected chi connectivity index (χ4v) is 2.92. The summed E-state index contributed by atoms with van der Waals surface area (Å²) in [6.07, 6.45) is 0. The quantitative estimate of drug-likeness (QED) is 0.914. The average Bonchev–Trinajstić information content (AvgIpc) is 2.90. The van der Waals surface area contributed by atoms with Gasteiger partial charge in [0.25, 0.3) is 0 Å². The van der Waals surface area contributed by atoms with Crippen LogP contribution in [0.5, 0.6) is 0 Å². The molecule has 0 saturated heterocycles. The number of nitrogens with one attached hydrogen (secondary N) is 1. The highest BCUT2D eigenvalue weighted by Gasteiger charge is 2.29. The van der Waals surface area contributed by atoms with Crippen LogP contribution < -0.4 is 16.0 Å². The summed E-state index contributed by atoms with van der Waals surface area (Å²) in [6.45, 7) is 3.14. The maximum absolute atomic E-state index is 12.5. The van der Waals surface area contributed by atoms with Gasteiger partial charge in [0, 0.05) is 30.3 Å². The van der Waals surface area contributed by atoms with Crippen molar-refractivity contribution < 1.29 is 9.59 Å². The Morgan fingerprint density at radius 2 is 2.00 bits per heavy atom. The zero-order chi connectivity index (χ0) is 16.4. The van der Waals surface area contributed by atoms with E-state index in [4.69, 9.17) is 5.73 Å². The minimum absolute atomic E-state index is 0.133. The van der Waals surface area contributed by atoms with Gasteiger partial charge >= 0.3 is 6.03 Å². The summed E-state index contributed by atoms with van der Waals surface area (Å²) in [6, 6.07) is 14.8. The van der Waals surface area contributed by atoms with Crippen molar-refractivity contribution in [3.05, 3.63) is 65.2 Å². The van der Waals surface area contributed by atoms with Crippen molar-refractivity contribution in [3.63, 3.8) is 0 Å². The molecule has 0 fully saturated rings. The topological polar surface area (TPSA) is 75.4 Å². The highest BCUT2D eigenvalue weighted by atomic mass is 16.2. The van der Waals surface area contributed by atoms with Gasteiger partial charge in [0.05, 0.1) is 0 Å². The van der Waals surface area contributed by atoms with Crippen LogP contribution in [-0.2, 0) is 6.54 Å². The minimum atomic E-state index is -0.472. The summed E-state index contributed by atoms with van der Waals surface area (Å²) < 4.78 is 0. The van der Waals surface area contributed by atoms with E-state index in [9.17, 15) is 9.59 Å². The molecule has 1 heterocycles. The van der Waals surface area contributed by atoms with Crippen LogP contribution >= 0.6 is 0 Å². The molecule has 1 aliphatic rings. The lowest BCUT2D eigenvalue weighted by Gasteiger charge is -2.18. The highest BCUT2D eigenvalue weighted by molar-refractivity contribution is 5.95. The number of anilines is 1. The molecule has 0 bridgehead atoms. The van der Waals surface area contributed by atoms with E-state index in [-0.39, 0.29) is 6.03 Å². The molecule has 118 valence electrons. The molecule has 5 nitrogen and oxygen atoms in total. The van der Waals surface area contributed by atoms with Crippen LogP contribution in [0.25, 0.3) is 0 Å². The van der Waals surface area contributed by atoms with Crippen molar-refractivity contribution in [1.29, 1.82) is 0 Å². The van der Waals surface area contributed by atoms with Crippen molar-refractivity contribution in [2.24, 2.45) is 5.73 Å². The molecule has 2 aromatic carbocycles. The molecule has 0 saturated carbocycles. The first-order valence-corrected chi connectivity index (χ1v) is 7.59. The largest absolute Gasteiger partial charge is 0.366 e. The van der Waals surface area contributed by atoms with Crippen molar-refractivity contribution in [2.45, 2.75) is 19.4 Å².